The third-order valence-electron chi connectivity index (χ3n) is 6.60. The third kappa shape index (κ3) is 4.00. The van der Waals surface area contributed by atoms with Crippen LogP contribution in [0.2, 0.25) is 0 Å². The van der Waals surface area contributed by atoms with Crippen molar-refractivity contribution in [1.29, 1.82) is 0 Å². The van der Waals surface area contributed by atoms with E-state index in [1.807, 2.05) is 36.4 Å². The van der Waals surface area contributed by atoms with Crippen molar-refractivity contribution in [3.63, 3.8) is 0 Å². The average molecular weight is 460 g/mol. The van der Waals surface area contributed by atoms with Gasteiger partial charge in [-0.05, 0) is 38.1 Å². The van der Waals surface area contributed by atoms with Crippen LogP contribution in [0.4, 0.5) is 0 Å². The van der Waals surface area contributed by atoms with Gasteiger partial charge in [0.25, 0.3) is 0 Å². The second kappa shape index (κ2) is 9.21. The number of hydrogen-bond donors (Lipinski definition) is 0. The Balaban J connectivity index is 1.57. The summed E-state index contributed by atoms with van der Waals surface area (Å²) in [5, 5.41) is -0.846. The van der Waals surface area contributed by atoms with Crippen molar-refractivity contribution in [3.05, 3.63) is 66.2 Å². The first-order valence-corrected chi connectivity index (χ1v) is 12.7. The van der Waals surface area contributed by atoms with E-state index in [0.717, 1.165) is 31.5 Å². The predicted octanol–water partition coefficient (Wildman–Crippen LogP) is 2.78. The second-order valence-electron chi connectivity index (χ2n) is 8.51. The summed E-state index contributed by atoms with van der Waals surface area (Å²) in [6.07, 6.45) is -0.504. The fourth-order valence-electron chi connectivity index (χ4n) is 5.08. The minimum Gasteiger partial charge on any atom is -0.354 e. The van der Waals surface area contributed by atoms with Crippen LogP contribution >= 0.6 is 0 Å². The molecule has 3 fully saturated rings. The maximum atomic E-state index is 14.1. The van der Waals surface area contributed by atoms with E-state index in [-0.39, 0.29) is 11.5 Å². The Morgan fingerprint density at radius 3 is 2.25 bits per heavy atom. The topological polar surface area (TPSA) is 74.3 Å². The first kappa shape index (κ1) is 22.0. The van der Waals surface area contributed by atoms with Crippen molar-refractivity contribution >= 4 is 9.84 Å². The second-order valence-corrected chi connectivity index (χ2v) is 10.6. The Morgan fingerprint density at radius 1 is 0.938 bits per heavy atom. The monoisotopic (exact) mass is 459 g/mol. The summed E-state index contributed by atoms with van der Waals surface area (Å²) in [5.74, 6) is 0. The molecule has 172 valence electrons. The van der Waals surface area contributed by atoms with E-state index < -0.39 is 45.9 Å². The lowest BCUT2D eigenvalue weighted by Gasteiger charge is -2.51. The van der Waals surface area contributed by atoms with Gasteiger partial charge in [-0.2, -0.15) is 0 Å². The lowest BCUT2D eigenvalue weighted by Crippen LogP contribution is -2.68. The van der Waals surface area contributed by atoms with E-state index in [9.17, 15) is 8.42 Å². The van der Waals surface area contributed by atoms with Gasteiger partial charge in [0.1, 0.15) is 17.5 Å². The van der Waals surface area contributed by atoms with Crippen molar-refractivity contribution < 1.29 is 27.4 Å². The standard InChI is InChI=1S/C24H29NO6S/c1-28-24-20(25-14-8-9-15-25)22(32(26,27)18-12-6-3-7-13-18)21-19(30-24)16-29-23(31-21)17-10-4-2-5-11-17/h2-7,10-13,19-24H,8-9,14-16H2,1H3/t19-,20+,21-,22-,23?,24+/m1/s1. The third-order valence-corrected chi connectivity index (χ3v) is 8.80. The van der Waals surface area contributed by atoms with Gasteiger partial charge in [-0.3, -0.25) is 4.90 Å². The first-order valence-electron chi connectivity index (χ1n) is 11.1. The highest BCUT2D eigenvalue weighted by Gasteiger charge is 2.57. The molecule has 0 amide bonds. The number of rotatable bonds is 5. The van der Waals surface area contributed by atoms with Gasteiger partial charge in [0.2, 0.25) is 0 Å². The maximum absolute atomic E-state index is 14.1. The smallest absolute Gasteiger partial charge is 0.185 e. The van der Waals surface area contributed by atoms with E-state index in [2.05, 4.69) is 4.90 Å². The molecule has 0 radical (unpaired) electrons. The molecular formula is C24H29NO6S. The van der Waals surface area contributed by atoms with Crippen molar-refractivity contribution in [2.45, 2.75) is 53.8 Å². The lowest BCUT2D eigenvalue weighted by molar-refractivity contribution is -0.324. The van der Waals surface area contributed by atoms with E-state index >= 15 is 0 Å². The predicted molar refractivity (Wildman–Crippen MR) is 118 cm³/mol. The molecule has 0 aromatic heterocycles. The van der Waals surface area contributed by atoms with Crippen LogP contribution in [-0.2, 0) is 28.8 Å². The maximum Gasteiger partial charge on any atom is 0.185 e. The molecule has 5 rings (SSSR count). The number of fused-ring (bicyclic) bond motifs is 1. The van der Waals surface area contributed by atoms with E-state index in [4.69, 9.17) is 18.9 Å². The van der Waals surface area contributed by atoms with Crippen LogP contribution < -0.4 is 0 Å². The Bertz CT molecular complexity index is 996. The van der Waals surface area contributed by atoms with Gasteiger partial charge >= 0.3 is 0 Å². The highest BCUT2D eigenvalue weighted by Crippen LogP contribution is 2.41. The molecule has 3 heterocycles. The van der Waals surface area contributed by atoms with Crippen LogP contribution in [0, 0.1) is 0 Å². The minimum atomic E-state index is -3.75. The van der Waals surface area contributed by atoms with Crippen molar-refractivity contribution in [1.82, 2.24) is 4.90 Å². The van der Waals surface area contributed by atoms with E-state index in [1.54, 1.807) is 31.4 Å². The van der Waals surface area contributed by atoms with Gasteiger partial charge in [-0.15, -0.1) is 0 Å². The Hall–Kier alpha value is -1.81. The minimum absolute atomic E-state index is 0.234. The molecule has 0 spiro atoms. The Morgan fingerprint density at radius 2 is 1.59 bits per heavy atom. The fourth-order valence-corrected chi connectivity index (χ4v) is 7.19. The number of ether oxygens (including phenoxy) is 4. The molecule has 8 heteroatoms. The summed E-state index contributed by atoms with van der Waals surface area (Å²) in [6.45, 7) is 1.85. The van der Waals surface area contributed by atoms with Crippen LogP contribution in [0.25, 0.3) is 0 Å². The molecule has 3 saturated heterocycles. The molecule has 6 atom stereocenters. The van der Waals surface area contributed by atoms with Gasteiger partial charge in [0.05, 0.1) is 17.5 Å². The summed E-state index contributed by atoms with van der Waals surface area (Å²) in [5.41, 5.74) is 0.855. The van der Waals surface area contributed by atoms with Crippen LogP contribution in [0.15, 0.2) is 65.6 Å². The van der Waals surface area contributed by atoms with Crippen molar-refractivity contribution in [3.8, 4) is 0 Å². The SMILES string of the molecule is CO[C@H]1O[C@@H]2COC(c3ccccc3)O[C@H]2[C@H](S(=O)(=O)c2ccccc2)[C@@H]1N1CCCC1. The quantitative estimate of drug-likeness (QED) is 0.681. The summed E-state index contributed by atoms with van der Waals surface area (Å²) in [4.78, 5) is 2.47. The van der Waals surface area contributed by atoms with Crippen LogP contribution in [-0.4, -0.2) is 69.9 Å². The number of methoxy groups -OCH3 is 1. The van der Waals surface area contributed by atoms with Gasteiger partial charge in [-0.1, -0.05) is 48.5 Å². The van der Waals surface area contributed by atoms with Crippen LogP contribution in [0.5, 0.6) is 0 Å². The molecule has 2 aromatic rings. The van der Waals surface area contributed by atoms with Crippen molar-refractivity contribution in [2.24, 2.45) is 0 Å². The lowest BCUT2D eigenvalue weighted by atomic mass is 9.97. The summed E-state index contributed by atoms with van der Waals surface area (Å²) in [7, 11) is -2.18. The summed E-state index contributed by atoms with van der Waals surface area (Å²) in [6, 6.07) is 17.7. The molecule has 0 bridgehead atoms. The number of nitrogens with zero attached hydrogens (tertiary/aromatic N) is 1. The normalized spacial score (nSPS) is 33.7. The van der Waals surface area contributed by atoms with Crippen LogP contribution in [0.1, 0.15) is 24.7 Å². The molecule has 3 aliphatic heterocycles. The average Bonchev–Trinajstić information content (AvgIpc) is 3.38. The van der Waals surface area contributed by atoms with Gasteiger partial charge in [0, 0.05) is 12.7 Å². The first-order chi connectivity index (χ1) is 15.6. The molecule has 0 N–H and O–H groups in total. The summed E-state index contributed by atoms with van der Waals surface area (Å²) < 4.78 is 52.4. The highest BCUT2D eigenvalue weighted by molar-refractivity contribution is 7.92. The zero-order valence-corrected chi connectivity index (χ0v) is 18.9. The number of benzene rings is 2. The number of sulfone groups is 1. The molecular weight excluding hydrogens is 430 g/mol. The molecule has 7 nitrogen and oxygen atoms in total. The van der Waals surface area contributed by atoms with E-state index in [1.165, 1.54) is 0 Å². The molecule has 0 aliphatic carbocycles. The van der Waals surface area contributed by atoms with E-state index in [0.29, 0.717) is 0 Å². The van der Waals surface area contributed by atoms with Gasteiger partial charge in [0.15, 0.2) is 22.4 Å². The highest BCUT2D eigenvalue weighted by atomic mass is 32.2. The molecule has 32 heavy (non-hydrogen) atoms. The summed E-state index contributed by atoms with van der Waals surface area (Å²) >= 11 is 0. The number of likely N-dealkylation sites (tertiary alicyclic amines) is 1. The zero-order valence-electron chi connectivity index (χ0n) is 18.1. The van der Waals surface area contributed by atoms with Crippen molar-refractivity contribution in [2.75, 3.05) is 26.8 Å². The molecule has 0 saturated carbocycles. The molecule has 2 aromatic carbocycles. The number of hydrogen-bond acceptors (Lipinski definition) is 7. The largest absolute Gasteiger partial charge is 0.354 e. The van der Waals surface area contributed by atoms with Crippen LogP contribution in [0.3, 0.4) is 0 Å². The Labute approximate surface area is 189 Å². The fraction of sp³-hybridized carbons (Fsp3) is 0.500. The van der Waals surface area contributed by atoms with Gasteiger partial charge < -0.3 is 18.9 Å². The molecule has 3 aliphatic rings. The molecule has 1 unspecified atom stereocenters. The zero-order chi connectivity index (χ0) is 22.1. The van der Waals surface area contributed by atoms with Gasteiger partial charge in [-0.25, -0.2) is 8.42 Å². The Kier molecular flexibility index (Phi) is 6.33.